The Bertz CT molecular complexity index is 886. The molecule has 3 heterocycles. The lowest BCUT2D eigenvalue weighted by Gasteiger charge is -2.02. The van der Waals surface area contributed by atoms with Crippen molar-refractivity contribution in [3.8, 4) is 17.1 Å². The number of aromatic nitrogens is 4. The van der Waals surface area contributed by atoms with Gasteiger partial charge in [0.15, 0.2) is 0 Å². The molecular formula is C17H14N4. The molecule has 0 radical (unpaired) electrons. The van der Waals surface area contributed by atoms with Crippen LogP contribution in [0.1, 0.15) is 5.56 Å². The Labute approximate surface area is 122 Å². The summed E-state index contributed by atoms with van der Waals surface area (Å²) in [6.07, 6.45) is 7.25. The molecule has 0 atom stereocenters. The van der Waals surface area contributed by atoms with Gasteiger partial charge in [-0.25, -0.2) is 9.97 Å². The van der Waals surface area contributed by atoms with E-state index in [4.69, 9.17) is 0 Å². The van der Waals surface area contributed by atoms with E-state index in [9.17, 15) is 0 Å². The van der Waals surface area contributed by atoms with Gasteiger partial charge >= 0.3 is 0 Å². The lowest BCUT2D eigenvalue weighted by atomic mass is 10.1. The van der Waals surface area contributed by atoms with Crippen LogP contribution in [0.4, 0.5) is 0 Å². The summed E-state index contributed by atoms with van der Waals surface area (Å²) in [7, 11) is 0. The molecule has 0 saturated carbocycles. The molecule has 0 saturated heterocycles. The molecule has 1 N–H and O–H groups in total. The molecule has 0 fully saturated rings. The van der Waals surface area contributed by atoms with Crippen molar-refractivity contribution in [3.05, 3.63) is 66.9 Å². The lowest BCUT2D eigenvalue weighted by Crippen LogP contribution is -1.93. The number of aryl methyl sites for hydroxylation is 1. The van der Waals surface area contributed by atoms with Gasteiger partial charge in [-0.05, 0) is 36.8 Å². The third kappa shape index (κ3) is 2.10. The molecule has 0 amide bonds. The summed E-state index contributed by atoms with van der Waals surface area (Å²) in [4.78, 5) is 12.0. The van der Waals surface area contributed by atoms with Crippen molar-refractivity contribution in [2.45, 2.75) is 6.92 Å². The first-order valence-electron chi connectivity index (χ1n) is 6.84. The van der Waals surface area contributed by atoms with Crippen LogP contribution in [0.15, 0.2) is 61.3 Å². The van der Waals surface area contributed by atoms with Gasteiger partial charge in [-0.1, -0.05) is 12.1 Å². The topological polar surface area (TPSA) is 46.5 Å². The van der Waals surface area contributed by atoms with Crippen molar-refractivity contribution in [1.29, 1.82) is 0 Å². The van der Waals surface area contributed by atoms with E-state index >= 15 is 0 Å². The van der Waals surface area contributed by atoms with Crippen molar-refractivity contribution < 1.29 is 0 Å². The van der Waals surface area contributed by atoms with Crippen LogP contribution in [0.25, 0.3) is 28.0 Å². The lowest BCUT2D eigenvalue weighted by molar-refractivity contribution is 0.993. The smallest absolute Gasteiger partial charge is 0.137 e. The van der Waals surface area contributed by atoms with Crippen LogP contribution in [-0.4, -0.2) is 19.5 Å². The maximum absolute atomic E-state index is 4.49. The Morgan fingerprint density at radius 3 is 2.81 bits per heavy atom. The number of hydrogen-bond donors (Lipinski definition) is 1. The van der Waals surface area contributed by atoms with Crippen molar-refractivity contribution in [2.75, 3.05) is 0 Å². The molecule has 0 aliphatic heterocycles. The highest BCUT2D eigenvalue weighted by Crippen LogP contribution is 2.24. The fraction of sp³-hybridized carbons (Fsp3) is 0.0588. The van der Waals surface area contributed by atoms with Crippen LogP contribution >= 0.6 is 0 Å². The molecule has 0 aliphatic rings. The highest BCUT2D eigenvalue weighted by Gasteiger charge is 2.05. The second kappa shape index (κ2) is 4.59. The molecule has 0 unspecified atom stereocenters. The number of nitrogens with one attached hydrogen (secondary N) is 1. The highest BCUT2D eigenvalue weighted by molar-refractivity contribution is 5.86. The first-order valence-corrected chi connectivity index (χ1v) is 6.84. The monoisotopic (exact) mass is 274 g/mol. The third-order valence-electron chi connectivity index (χ3n) is 3.61. The summed E-state index contributed by atoms with van der Waals surface area (Å²) >= 11 is 0. The Morgan fingerprint density at radius 2 is 2.05 bits per heavy atom. The molecule has 0 spiro atoms. The second-order valence-corrected chi connectivity index (χ2v) is 5.15. The molecule has 4 rings (SSSR count). The largest absolute Gasteiger partial charge is 0.354 e. The van der Waals surface area contributed by atoms with Gasteiger partial charge in [-0.3, -0.25) is 4.57 Å². The van der Waals surface area contributed by atoms with Gasteiger partial charge in [-0.2, -0.15) is 0 Å². The number of benzene rings is 1. The Morgan fingerprint density at radius 1 is 1.10 bits per heavy atom. The number of hydrogen-bond acceptors (Lipinski definition) is 2. The molecule has 0 aliphatic carbocycles. The number of rotatable bonds is 2. The van der Waals surface area contributed by atoms with E-state index in [1.165, 1.54) is 10.9 Å². The van der Waals surface area contributed by atoms with Crippen LogP contribution < -0.4 is 0 Å². The second-order valence-electron chi connectivity index (χ2n) is 5.15. The van der Waals surface area contributed by atoms with Gasteiger partial charge < -0.3 is 4.98 Å². The number of fused-ring (bicyclic) bond motifs is 1. The average Bonchev–Trinajstić information content (AvgIpc) is 3.16. The Kier molecular flexibility index (Phi) is 2.60. The van der Waals surface area contributed by atoms with Gasteiger partial charge in [0.1, 0.15) is 12.1 Å². The zero-order valence-corrected chi connectivity index (χ0v) is 11.6. The van der Waals surface area contributed by atoms with E-state index in [2.05, 4.69) is 52.2 Å². The normalized spacial score (nSPS) is 11.1. The molecule has 0 bridgehead atoms. The van der Waals surface area contributed by atoms with E-state index in [-0.39, 0.29) is 0 Å². The number of aromatic amines is 1. The molecule has 102 valence electrons. The van der Waals surface area contributed by atoms with Crippen molar-refractivity contribution in [3.63, 3.8) is 0 Å². The molecular weight excluding hydrogens is 260 g/mol. The number of pyridine rings is 1. The number of H-pyrrole nitrogens is 1. The fourth-order valence-corrected chi connectivity index (χ4v) is 2.49. The zero-order chi connectivity index (χ0) is 14.2. The van der Waals surface area contributed by atoms with Gasteiger partial charge in [0.05, 0.1) is 0 Å². The SMILES string of the molecule is Cc1ccc2cc(-c3ccc(-n4ccnc4)nc3)[nH]c2c1. The summed E-state index contributed by atoms with van der Waals surface area (Å²) in [6.45, 7) is 2.10. The summed E-state index contributed by atoms with van der Waals surface area (Å²) in [6, 6.07) is 12.6. The average molecular weight is 274 g/mol. The van der Waals surface area contributed by atoms with Gasteiger partial charge in [0.25, 0.3) is 0 Å². The molecule has 21 heavy (non-hydrogen) atoms. The minimum atomic E-state index is 0.864. The van der Waals surface area contributed by atoms with Crippen molar-refractivity contribution in [2.24, 2.45) is 0 Å². The molecule has 1 aromatic carbocycles. The summed E-state index contributed by atoms with van der Waals surface area (Å²) in [5, 5.41) is 1.22. The van der Waals surface area contributed by atoms with Gasteiger partial charge in [0.2, 0.25) is 0 Å². The molecule has 4 aromatic rings. The van der Waals surface area contributed by atoms with Crippen molar-refractivity contribution >= 4 is 10.9 Å². The number of imidazole rings is 1. The maximum Gasteiger partial charge on any atom is 0.137 e. The van der Waals surface area contributed by atoms with Crippen LogP contribution in [0.2, 0.25) is 0 Å². The van der Waals surface area contributed by atoms with Gasteiger partial charge in [0, 0.05) is 40.8 Å². The maximum atomic E-state index is 4.49. The molecule has 4 heteroatoms. The minimum Gasteiger partial charge on any atom is -0.354 e. The molecule has 4 nitrogen and oxygen atoms in total. The summed E-state index contributed by atoms with van der Waals surface area (Å²) in [5.74, 6) is 0.864. The third-order valence-corrected chi connectivity index (χ3v) is 3.61. The summed E-state index contributed by atoms with van der Waals surface area (Å²) in [5.41, 5.74) is 4.57. The van der Waals surface area contributed by atoms with Crippen LogP contribution in [0.5, 0.6) is 0 Å². The highest BCUT2D eigenvalue weighted by atomic mass is 15.1. The number of nitrogens with zero attached hydrogens (tertiary/aromatic N) is 3. The van der Waals surface area contributed by atoms with E-state index in [0.29, 0.717) is 0 Å². The predicted molar refractivity (Wildman–Crippen MR) is 83.4 cm³/mol. The van der Waals surface area contributed by atoms with Crippen LogP contribution in [-0.2, 0) is 0 Å². The van der Waals surface area contributed by atoms with Gasteiger partial charge in [-0.15, -0.1) is 0 Å². The minimum absolute atomic E-state index is 0.864. The fourth-order valence-electron chi connectivity index (χ4n) is 2.49. The Hall–Kier alpha value is -2.88. The standard InChI is InChI=1S/C17H14N4/c1-12-2-3-13-9-16(20-15(13)8-12)14-4-5-17(19-10-14)21-7-6-18-11-21/h2-11,20H,1H3. The zero-order valence-electron chi connectivity index (χ0n) is 11.6. The van der Waals surface area contributed by atoms with Crippen LogP contribution in [0.3, 0.4) is 0 Å². The van der Waals surface area contributed by atoms with E-state index < -0.39 is 0 Å². The Balaban J connectivity index is 1.74. The summed E-state index contributed by atoms with van der Waals surface area (Å²) < 4.78 is 1.89. The molecule has 3 aromatic heterocycles. The van der Waals surface area contributed by atoms with Crippen LogP contribution in [0, 0.1) is 6.92 Å². The van der Waals surface area contributed by atoms with E-state index in [1.54, 1.807) is 12.5 Å². The quantitative estimate of drug-likeness (QED) is 0.605. The van der Waals surface area contributed by atoms with E-state index in [0.717, 1.165) is 22.6 Å². The first-order chi connectivity index (χ1) is 10.3. The predicted octanol–water partition coefficient (Wildman–Crippen LogP) is 3.72. The van der Waals surface area contributed by atoms with Crippen molar-refractivity contribution in [1.82, 2.24) is 19.5 Å². The first kappa shape index (κ1) is 11.9. The van der Waals surface area contributed by atoms with E-state index in [1.807, 2.05) is 23.0 Å².